The zero-order valence-electron chi connectivity index (χ0n) is 14.8. The van der Waals surface area contributed by atoms with Gasteiger partial charge in [-0.05, 0) is 35.3 Å². The topological polar surface area (TPSA) is 30.9 Å². The molecule has 2 aromatic rings. The highest BCUT2D eigenvalue weighted by Gasteiger charge is 2.35. The molecule has 0 aliphatic carbocycles. The Morgan fingerprint density at radius 2 is 1.77 bits per heavy atom. The molecule has 0 saturated carbocycles. The molecule has 134 valence electrons. The number of nitrogens with zero attached hydrogens (tertiary/aromatic N) is 1. The summed E-state index contributed by atoms with van der Waals surface area (Å²) in [5.74, 6) is 1.72. The van der Waals surface area contributed by atoms with Gasteiger partial charge in [0.15, 0.2) is 11.5 Å². The second kappa shape index (κ2) is 6.78. The first-order valence-corrected chi connectivity index (χ1v) is 9.35. The van der Waals surface area contributed by atoms with Gasteiger partial charge in [0.05, 0.1) is 19.3 Å². The van der Waals surface area contributed by atoms with Crippen molar-refractivity contribution in [2.45, 2.75) is 25.0 Å². The van der Waals surface area contributed by atoms with Gasteiger partial charge in [-0.3, -0.25) is 4.90 Å². The van der Waals surface area contributed by atoms with Gasteiger partial charge in [0.25, 0.3) is 0 Å². The maximum atomic E-state index is 5.85. The molecular formula is C22H23NO3. The summed E-state index contributed by atoms with van der Waals surface area (Å²) in [7, 11) is 0. The van der Waals surface area contributed by atoms with Crippen molar-refractivity contribution in [2.75, 3.05) is 26.4 Å². The molecule has 2 aromatic carbocycles. The molecule has 1 fully saturated rings. The van der Waals surface area contributed by atoms with Gasteiger partial charge in [-0.1, -0.05) is 42.5 Å². The molecule has 0 spiro atoms. The predicted molar refractivity (Wildman–Crippen MR) is 100 cm³/mol. The van der Waals surface area contributed by atoms with Gasteiger partial charge in [0.1, 0.15) is 13.2 Å². The third kappa shape index (κ3) is 3.00. The predicted octanol–water partition coefficient (Wildman–Crippen LogP) is 3.51. The van der Waals surface area contributed by atoms with Crippen molar-refractivity contribution >= 4 is 5.57 Å². The van der Waals surface area contributed by atoms with Crippen LogP contribution in [-0.2, 0) is 11.3 Å². The molecule has 3 aliphatic rings. The Morgan fingerprint density at radius 1 is 0.923 bits per heavy atom. The van der Waals surface area contributed by atoms with E-state index in [-0.39, 0.29) is 0 Å². The second-order valence-corrected chi connectivity index (χ2v) is 7.17. The molecule has 2 unspecified atom stereocenters. The fourth-order valence-electron chi connectivity index (χ4n) is 4.16. The minimum atomic E-state index is 0.325. The molecule has 0 radical (unpaired) electrons. The van der Waals surface area contributed by atoms with Crippen LogP contribution in [0.3, 0.4) is 0 Å². The van der Waals surface area contributed by atoms with E-state index in [1.807, 2.05) is 6.07 Å². The van der Waals surface area contributed by atoms with Crippen LogP contribution in [0.5, 0.6) is 11.5 Å². The molecular weight excluding hydrogens is 326 g/mol. The summed E-state index contributed by atoms with van der Waals surface area (Å²) in [6.07, 6.45) is 3.38. The molecule has 0 N–H and O–H groups in total. The van der Waals surface area contributed by atoms with Crippen molar-refractivity contribution in [2.24, 2.45) is 0 Å². The highest BCUT2D eigenvalue weighted by atomic mass is 16.6. The second-order valence-electron chi connectivity index (χ2n) is 7.17. The standard InChI is InChI=1S/C22H23NO3/c1-2-4-16(5-3-1)13-23-19-10-18(11-20(23)15-24-14-19)17-6-7-21-22(12-17)26-9-8-25-21/h1-7,10,12,19-20H,8-9,11,13-15H2. The Morgan fingerprint density at radius 3 is 2.62 bits per heavy atom. The Kier molecular flexibility index (Phi) is 4.15. The van der Waals surface area contributed by atoms with E-state index in [4.69, 9.17) is 14.2 Å². The van der Waals surface area contributed by atoms with Crippen LogP contribution in [0, 0.1) is 0 Å². The number of hydrogen-bond donors (Lipinski definition) is 0. The van der Waals surface area contributed by atoms with Crippen LogP contribution in [0.15, 0.2) is 54.6 Å². The quantitative estimate of drug-likeness (QED) is 0.848. The summed E-state index contributed by atoms with van der Waals surface area (Å²) in [6.45, 7) is 3.79. The van der Waals surface area contributed by atoms with Crippen molar-refractivity contribution in [3.63, 3.8) is 0 Å². The maximum absolute atomic E-state index is 5.85. The summed E-state index contributed by atoms with van der Waals surface area (Å²) < 4.78 is 17.3. The van der Waals surface area contributed by atoms with Crippen LogP contribution in [0.1, 0.15) is 17.5 Å². The first-order chi connectivity index (χ1) is 12.9. The van der Waals surface area contributed by atoms with Crippen LogP contribution in [0.25, 0.3) is 5.57 Å². The average Bonchev–Trinajstić information content (AvgIpc) is 2.68. The summed E-state index contributed by atoms with van der Waals surface area (Å²) in [5, 5.41) is 0. The van der Waals surface area contributed by atoms with Gasteiger partial charge >= 0.3 is 0 Å². The zero-order valence-corrected chi connectivity index (χ0v) is 14.8. The fourth-order valence-corrected chi connectivity index (χ4v) is 4.16. The highest BCUT2D eigenvalue weighted by Crippen LogP contribution is 2.38. The van der Waals surface area contributed by atoms with Crippen LogP contribution in [-0.4, -0.2) is 43.4 Å². The van der Waals surface area contributed by atoms with Crippen molar-refractivity contribution in [3.8, 4) is 11.5 Å². The third-order valence-corrected chi connectivity index (χ3v) is 5.46. The Labute approximate surface area is 154 Å². The highest BCUT2D eigenvalue weighted by molar-refractivity contribution is 5.70. The molecule has 5 rings (SSSR count). The van der Waals surface area contributed by atoms with Gasteiger partial charge in [-0.25, -0.2) is 0 Å². The van der Waals surface area contributed by atoms with Crippen LogP contribution in [0.2, 0.25) is 0 Å². The van der Waals surface area contributed by atoms with E-state index in [2.05, 4.69) is 53.4 Å². The lowest BCUT2D eigenvalue weighted by molar-refractivity contribution is -0.0402. The normalized spacial score (nSPS) is 24.8. The number of benzene rings is 2. The van der Waals surface area contributed by atoms with E-state index >= 15 is 0 Å². The summed E-state index contributed by atoms with van der Waals surface area (Å²) in [4.78, 5) is 2.58. The monoisotopic (exact) mass is 349 g/mol. The lowest BCUT2D eigenvalue weighted by Gasteiger charge is -2.45. The number of rotatable bonds is 3. The number of fused-ring (bicyclic) bond motifs is 3. The first-order valence-electron chi connectivity index (χ1n) is 9.35. The fraction of sp³-hybridized carbons (Fsp3) is 0.364. The van der Waals surface area contributed by atoms with Crippen molar-refractivity contribution < 1.29 is 14.2 Å². The molecule has 26 heavy (non-hydrogen) atoms. The molecule has 0 aromatic heterocycles. The third-order valence-electron chi connectivity index (χ3n) is 5.46. The molecule has 3 aliphatic heterocycles. The van der Waals surface area contributed by atoms with Gasteiger partial charge in [-0.2, -0.15) is 0 Å². The number of ether oxygens (including phenoxy) is 3. The van der Waals surface area contributed by atoms with E-state index in [0.29, 0.717) is 25.3 Å². The van der Waals surface area contributed by atoms with Gasteiger partial charge in [0.2, 0.25) is 0 Å². The minimum Gasteiger partial charge on any atom is -0.486 e. The minimum absolute atomic E-state index is 0.325. The van der Waals surface area contributed by atoms with Crippen LogP contribution in [0.4, 0.5) is 0 Å². The maximum Gasteiger partial charge on any atom is 0.161 e. The van der Waals surface area contributed by atoms with Crippen LogP contribution < -0.4 is 9.47 Å². The van der Waals surface area contributed by atoms with E-state index < -0.39 is 0 Å². The Bertz CT molecular complexity index is 817. The molecule has 1 saturated heterocycles. The van der Waals surface area contributed by atoms with E-state index in [1.54, 1.807) is 0 Å². The number of hydrogen-bond acceptors (Lipinski definition) is 4. The molecule has 2 bridgehead atoms. The summed E-state index contributed by atoms with van der Waals surface area (Å²) >= 11 is 0. The van der Waals surface area contributed by atoms with Crippen molar-refractivity contribution in [1.29, 1.82) is 0 Å². The summed E-state index contributed by atoms with van der Waals surface area (Å²) in [5.41, 5.74) is 4.00. The lowest BCUT2D eigenvalue weighted by Crippen LogP contribution is -2.53. The largest absolute Gasteiger partial charge is 0.486 e. The Hall–Kier alpha value is -2.30. The Balaban J connectivity index is 1.42. The van der Waals surface area contributed by atoms with Crippen LogP contribution >= 0.6 is 0 Å². The molecule has 3 heterocycles. The lowest BCUT2D eigenvalue weighted by atomic mass is 9.89. The average molecular weight is 349 g/mol. The SMILES string of the molecule is C1=C(c2ccc3c(c2)OCCO3)CC2COCC1N2Cc1ccccc1. The molecule has 0 amide bonds. The van der Waals surface area contributed by atoms with Gasteiger partial charge in [0, 0.05) is 12.6 Å². The zero-order chi connectivity index (χ0) is 17.3. The van der Waals surface area contributed by atoms with E-state index in [1.165, 1.54) is 16.7 Å². The molecule has 4 nitrogen and oxygen atoms in total. The van der Waals surface area contributed by atoms with Gasteiger partial charge in [-0.15, -0.1) is 0 Å². The number of morpholine rings is 1. The molecule has 4 heteroatoms. The smallest absolute Gasteiger partial charge is 0.161 e. The van der Waals surface area contributed by atoms with Crippen molar-refractivity contribution in [3.05, 3.63) is 65.7 Å². The van der Waals surface area contributed by atoms with Crippen molar-refractivity contribution in [1.82, 2.24) is 4.90 Å². The first kappa shape index (κ1) is 15.9. The molecule has 2 atom stereocenters. The van der Waals surface area contributed by atoms with E-state index in [0.717, 1.165) is 37.7 Å². The summed E-state index contributed by atoms with van der Waals surface area (Å²) in [6, 6.07) is 17.8. The van der Waals surface area contributed by atoms with Gasteiger partial charge < -0.3 is 14.2 Å². The van der Waals surface area contributed by atoms with E-state index in [9.17, 15) is 0 Å².